The molecule has 17 aromatic carbocycles. The highest BCUT2D eigenvalue weighted by Gasteiger charge is 2.48. The van der Waals surface area contributed by atoms with Crippen molar-refractivity contribution < 1.29 is 0 Å². The first-order chi connectivity index (χ1) is 61.1. The van der Waals surface area contributed by atoms with Crippen LogP contribution in [0.3, 0.4) is 0 Å². The van der Waals surface area contributed by atoms with Gasteiger partial charge in [-0.15, -0.1) is 0 Å². The molecule has 1 aromatic heterocycles. The molecule has 0 saturated carbocycles. The van der Waals surface area contributed by atoms with Gasteiger partial charge in [-0.05, 0) is 239 Å². The summed E-state index contributed by atoms with van der Waals surface area (Å²) >= 11 is 0. The Bertz CT molecular complexity index is 7060. The minimum absolute atomic E-state index is 0.0875. The Morgan fingerprint density at radius 2 is 0.535 bits per heavy atom. The lowest BCUT2D eigenvalue weighted by atomic mass is 9.33. The van der Waals surface area contributed by atoms with E-state index in [1.165, 1.54) is 103 Å². The van der Waals surface area contributed by atoms with E-state index in [1.54, 1.807) is 0 Å². The first kappa shape index (κ1) is 81.7. The molecule has 5 heteroatoms. The highest BCUT2D eigenvalue weighted by Crippen LogP contribution is 2.56. The van der Waals surface area contributed by atoms with Gasteiger partial charge in [0.25, 0.3) is 6.71 Å². The van der Waals surface area contributed by atoms with Crippen molar-refractivity contribution in [2.24, 2.45) is 0 Å². The van der Waals surface area contributed by atoms with Gasteiger partial charge in [-0.3, -0.25) is 0 Å². The van der Waals surface area contributed by atoms with Crippen molar-refractivity contribution in [2.75, 3.05) is 9.80 Å². The van der Waals surface area contributed by atoms with Crippen LogP contribution in [0.4, 0.5) is 34.1 Å². The van der Waals surface area contributed by atoms with E-state index in [4.69, 9.17) is 0 Å². The van der Waals surface area contributed by atoms with E-state index in [0.717, 1.165) is 101 Å². The quantitative estimate of drug-likeness (QED) is 0.0794. The van der Waals surface area contributed by atoms with Crippen LogP contribution in [0, 0.1) is 0 Å². The zero-order chi connectivity index (χ0) is 87.6. The van der Waals surface area contributed by atoms with Gasteiger partial charge in [0.1, 0.15) is 0 Å². The van der Waals surface area contributed by atoms with E-state index in [1.807, 2.05) is 0 Å². The number of aromatic nitrogens is 1. The summed E-state index contributed by atoms with van der Waals surface area (Å²) in [5.41, 5.74) is 35.4. The van der Waals surface area contributed by atoms with Gasteiger partial charge in [0.15, 0.2) is 8.07 Å². The second kappa shape index (κ2) is 31.5. The number of hydrogen-bond donors (Lipinski definition) is 0. The monoisotopic (exact) mass is 1660 g/mol. The minimum atomic E-state index is -2.92. The van der Waals surface area contributed by atoms with Crippen molar-refractivity contribution >= 4 is 108 Å². The van der Waals surface area contributed by atoms with Crippen molar-refractivity contribution in [1.29, 1.82) is 0 Å². The molecule has 0 radical (unpaired) electrons. The Kier molecular flexibility index (Phi) is 20.3. The lowest BCUT2D eigenvalue weighted by molar-refractivity contribution is 0.590. The van der Waals surface area contributed by atoms with Crippen molar-refractivity contribution in [2.45, 2.75) is 131 Å². The summed E-state index contributed by atoms with van der Waals surface area (Å²) < 4.78 is 2.59. The van der Waals surface area contributed by atoms with Crippen LogP contribution in [0.5, 0.6) is 0 Å². The van der Waals surface area contributed by atoms with Crippen molar-refractivity contribution in [3.8, 4) is 83.6 Å². The van der Waals surface area contributed by atoms with Gasteiger partial charge in [-0.1, -0.05) is 407 Å². The molecular formula is C122H110BN3Si. The van der Waals surface area contributed by atoms with Gasteiger partial charge in [-0.25, -0.2) is 0 Å². The number of rotatable bonds is 14. The van der Waals surface area contributed by atoms with E-state index >= 15 is 0 Å². The van der Waals surface area contributed by atoms with Gasteiger partial charge >= 0.3 is 0 Å². The second-order valence-corrected chi connectivity index (χ2v) is 44.3. The predicted molar refractivity (Wildman–Crippen MR) is 550 cm³/mol. The molecule has 0 N–H and O–H groups in total. The molecule has 18 aromatic rings. The fourth-order valence-corrected chi connectivity index (χ4v) is 24.9. The Morgan fingerprint density at radius 1 is 0.213 bits per heavy atom. The molecule has 20 rings (SSSR count). The number of hydrogen-bond acceptors (Lipinski definition) is 2. The predicted octanol–water partition coefficient (Wildman–Crippen LogP) is 28.4. The molecule has 0 saturated heterocycles. The Hall–Kier alpha value is -13.6. The number of anilines is 6. The van der Waals surface area contributed by atoms with Crippen LogP contribution in [0.15, 0.2) is 394 Å². The Labute approximate surface area is 753 Å². The lowest BCUT2D eigenvalue weighted by Gasteiger charge is -2.47. The zero-order valence-corrected chi connectivity index (χ0v) is 76.9. The molecule has 3 nitrogen and oxygen atoms in total. The standard InChI is InChI=1S/C122H110BN3Si/c1-118(2,3)91-60-67-109-105(72-91)106-73-92(119(4,5)6)61-68-110(106)124(109)96-62-65-107-112(80-96)126(117-102(85-45-29-19-30-46-85)75-94(121(10,11)12)77-104(117)90-50-38-48-87(70-90)82-41-25-17-26-42-82)114-79-95(122(13,14)15)78-113-115(114)123(107)108-71-88(83-57-63-100(64-58-83)127(97-51-31-20-32-52-97,98-53-33-21-34-54-98)99-55-35-22-36-56-99)59-66-111(108)125(113)116-101(84-43-27-18-28-44-84)74-93(120(7,8)9)76-103(116)89-49-37-47-86(69-89)81-39-23-16-24-40-81/h16-80H,1-15H3. The summed E-state index contributed by atoms with van der Waals surface area (Å²) in [6.45, 7) is 35.3. The zero-order valence-electron chi connectivity index (χ0n) is 75.9. The summed E-state index contributed by atoms with van der Waals surface area (Å²) in [5, 5.41) is 7.88. The minimum Gasteiger partial charge on any atom is -0.310 e. The van der Waals surface area contributed by atoms with Crippen LogP contribution >= 0.6 is 0 Å². The average molecular weight is 1660 g/mol. The number of benzene rings is 17. The highest BCUT2D eigenvalue weighted by molar-refractivity contribution is 7.20. The Balaban J connectivity index is 0.947. The van der Waals surface area contributed by atoms with Crippen molar-refractivity contribution in [3.05, 3.63) is 422 Å². The van der Waals surface area contributed by atoms with E-state index < -0.39 is 8.07 Å². The van der Waals surface area contributed by atoms with Crippen LogP contribution in [-0.4, -0.2) is 19.4 Å². The summed E-state index contributed by atoms with van der Waals surface area (Å²) in [4.78, 5) is 5.54. The van der Waals surface area contributed by atoms with Crippen LogP contribution in [-0.2, 0) is 27.1 Å². The first-order valence-electron chi connectivity index (χ1n) is 45.4. The maximum absolute atomic E-state index is 2.92. The molecule has 2 aliphatic heterocycles. The smallest absolute Gasteiger partial charge is 0.252 e. The molecule has 127 heavy (non-hydrogen) atoms. The first-order valence-corrected chi connectivity index (χ1v) is 47.4. The normalized spacial score (nSPS) is 13.0. The molecular weight excluding hydrogens is 1550 g/mol. The van der Waals surface area contributed by atoms with E-state index in [9.17, 15) is 0 Å². The number of nitrogens with zero attached hydrogens (tertiary/aromatic N) is 3. The van der Waals surface area contributed by atoms with Crippen molar-refractivity contribution in [1.82, 2.24) is 4.57 Å². The molecule has 2 aliphatic rings. The summed E-state index contributed by atoms with van der Waals surface area (Å²) in [6.07, 6.45) is 0. The second-order valence-electron chi connectivity index (χ2n) is 40.5. The molecule has 0 amide bonds. The summed E-state index contributed by atoms with van der Waals surface area (Å²) in [6, 6.07) is 152. The van der Waals surface area contributed by atoms with Gasteiger partial charge < -0.3 is 14.4 Å². The lowest BCUT2D eigenvalue weighted by Crippen LogP contribution is -2.74. The van der Waals surface area contributed by atoms with Gasteiger partial charge in [0.05, 0.1) is 22.4 Å². The molecule has 0 unspecified atom stereocenters. The summed E-state index contributed by atoms with van der Waals surface area (Å²) in [7, 11) is -2.92. The summed E-state index contributed by atoms with van der Waals surface area (Å²) in [5.74, 6) is 0. The van der Waals surface area contributed by atoms with E-state index in [0.29, 0.717) is 0 Å². The van der Waals surface area contributed by atoms with Gasteiger partial charge in [-0.2, -0.15) is 0 Å². The van der Waals surface area contributed by atoms with E-state index in [2.05, 4.69) is 513 Å². The molecule has 0 bridgehead atoms. The average Bonchev–Trinajstić information content (AvgIpc) is 0.919. The van der Waals surface area contributed by atoms with Crippen molar-refractivity contribution in [3.63, 3.8) is 0 Å². The molecule has 0 atom stereocenters. The van der Waals surface area contributed by atoms with Crippen LogP contribution in [0.1, 0.15) is 132 Å². The third-order valence-electron chi connectivity index (χ3n) is 27.1. The van der Waals surface area contributed by atoms with Crippen LogP contribution < -0.4 is 46.9 Å². The maximum Gasteiger partial charge on any atom is 0.252 e. The molecule has 620 valence electrons. The van der Waals surface area contributed by atoms with Gasteiger partial charge in [0, 0.05) is 61.5 Å². The Morgan fingerprint density at radius 3 is 0.937 bits per heavy atom. The highest BCUT2D eigenvalue weighted by atomic mass is 28.3. The molecule has 0 aliphatic carbocycles. The molecule has 0 fully saturated rings. The third kappa shape index (κ3) is 14.6. The van der Waals surface area contributed by atoms with Crippen LogP contribution in [0.25, 0.3) is 105 Å². The number of fused-ring (bicyclic) bond motifs is 7. The SMILES string of the molecule is CC(C)(C)c1cc(-c2ccccc2)c(N2c3ccc(-c4ccc([Si](c5ccccc5)(c5ccccc5)c5ccccc5)cc4)cc3B3c4ccc(-n5c6ccc(C(C)(C)C)cc6c6cc(C(C)(C)C)ccc65)cc4N(c4c(-c5ccccc5)cc(C(C)(C)C)cc4-c4cccc(-c5ccccc5)c4)c4cc(C(C)(C)C)cc2c43)c(-c2cccc(-c3ccccc3)c2)c1. The largest absolute Gasteiger partial charge is 0.310 e. The van der Waals surface area contributed by atoms with Crippen LogP contribution in [0.2, 0.25) is 0 Å². The fourth-order valence-electron chi connectivity index (χ4n) is 20.2. The maximum atomic E-state index is 2.78. The topological polar surface area (TPSA) is 11.4 Å². The molecule has 0 spiro atoms. The van der Waals surface area contributed by atoms with E-state index in [-0.39, 0.29) is 33.8 Å². The molecule has 3 heterocycles. The third-order valence-corrected chi connectivity index (χ3v) is 31.9. The fraction of sp³-hybridized carbons (Fsp3) is 0.164. The van der Waals surface area contributed by atoms with Gasteiger partial charge in [0.2, 0.25) is 0 Å².